The van der Waals surface area contributed by atoms with Crippen molar-refractivity contribution in [1.29, 1.82) is 0 Å². The molecule has 4 aliphatic rings. The van der Waals surface area contributed by atoms with Gasteiger partial charge in [0.2, 0.25) is 0 Å². The Morgan fingerprint density at radius 3 is 1.62 bits per heavy atom. The van der Waals surface area contributed by atoms with Gasteiger partial charge in [-0.1, -0.05) is 0 Å². The quantitative estimate of drug-likeness (QED) is 0.555. The SMILES string of the molecule is C1CC2=C(S1)[Se]/C(=C1\SC3=C(SCC3)[Se]1)S2. The Morgan fingerprint density at radius 1 is 0.688 bits per heavy atom. The van der Waals surface area contributed by atoms with Gasteiger partial charge >= 0.3 is 126 Å². The maximum absolute atomic E-state index is 2.14. The molecule has 0 fully saturated rings. The van der Waals surface area contributed by atoms with E-state index in [0.29, 0.717) is 29.9 Å². The molecule has 0 aliphatic carbocycles. The molecular formula is C10H8S4Se2. The predicted molar refractivity (Wildman–Crippen MR) is 81.9 cm³/mol. The van der Waals surface area contributed by atoms with Crippen LogP contribution in [0.25, 0.3) is 0 Å². The van der Waals surface area contributed by atoms with E-state index in [4.69, 9.17) is 0 Å². The summed E-state index contributed by atoms with van der Waals surface area (Å²) in [5, 5.41) is 0. The van der Waals surface area contributed by atoms with Gasteiger partial charge in [-0.25, -0.2) is 0 Å². The molecule has 16 heavy (non-hydrogen) atoms. The standard InChI is InChI=1S/C10H8S4Se2/c1-3-11-7-5(1)13-9(15-7)10-14-6-2-4-12-8(6)16-10/h1-4H2/b10-9+. The molecule has 84 valence electrons. The van der Waals surface area contributed by atoms with E-state index in [-0.39, 0.29) is 0 Å². The van der Waals surface area contributed by atoms with Gasteiger partial charge in [0.25, 0.3) is 0 Å². The first-order valence-corrected chi connectivity index (χ1v) is 12.1. The first-order valence-electron chi connectivity index (χ1n) is 5.08. The Hall–Kier alpha value is 1.66. The molecule has 4 rings (SSSR count). The molecule has 0 unspecified atom stereocenters. The van der Waals surface area contributed by atoms with Crippen molar-refractivity contribution in [3.8, 4) is 0 Å². The van der Waals surface area contributed by atoms with Gasteiger partial charge in [0.15, 0.2) is 0 Å². The molecule has 6 heteroatoms. The molecule has 0 saturated carbocycles. The van der Waals surface area contributed by atoms with Crippen LogP contribution >= 0.6 is 47.0 Å². The Morgan fingerprint density at radius 2 is 1.19 bits per heavy atom. The van der Waals surface area contributed by atoms with Crippen LogP contribution in [0.15, 0.2) is 25.0 Å². The van der Waals surface area contributed by atoms with E-state index in [1.54, 1.807) is 25.0 Å². The van der Waals surface area contributed by atoms with E-state index >= 15 is 0 Å². The molecule has 0 aromatic heterocycles. The van der Waals surface area contributed by atoms with Crippen molar-refractivity contribution in [2.75, 3.05) is 11.5 Å². The second kappa shape index (κ2) is 4.64. The van der Waals surface area contributed by atoms with E-state index in [2.05, 4.69) is 47.0 Å². The third-order valence-corrected chi connectivity index (χ3v) is 16.4. The van der Waals surface area contributed by atoms with Gasteiger partial charge in [-0.3, -0.25) is 0 Å². The third kappa shape index (κ3) is 1.94. The van der Waals surface area contributed by atoms with Crippen LogP contribution in [0.4, 0.5) is 0 Å². The zero-order chi connectivity index (χ0) is 10.5. The van der Waals surface area contributed by atoms with Crippen LogP contribution < -0.4 is 0 Å². The van der Waals surface area contributed by atoms with Gasteiger partial charge in [0.1, 0.15) is 0 Å². The molecular weight excluding hydrogens is 406 g/mol. The first kappa shape index (κ1) is 11.5. The van der Waals surface area contributed by atoms with Gasteiger partial charge in [-0.05, 0) is 0 Å². The van der Waals surface area contributed by atoms with Crippen LogP contribution in [0.1, 0.15) is 12.8 Å². The number of allylic oxidation sites excluding steroid dienone is 2. The first-order chi connectivity index (χ1) is 7.90. The van der Waals surface area contributed by atoms with Crippen molar-refractivity contribution in [2.45, 2.75) is 12.8 Å². The van der Waals surface area contributed by atoms with Crippen molar-refractivity contribution in [3.05, 3.63) is 25.0 Å². The van der Waals surface area contributed by atoms with Crippen molar-refractivity contribution >= 4 is 77.0 Å². The Balaban J connectivity index is 1.56. The fraction of sp³-hybridized carbons (Fsp3) is 0.400. The molecule has 0 N–H and O–H groups in total. The molecule has 0 aromatic rings. The van der Waals surface area contributed by atoms with Crippen LogP contribution in [0, 0.1) is 0 Å². The minimum atomic E-state index is 0.690. The van der Waals surface area contributed by atoms with Crippen molar-refractivity contribution < 1.29 is 0 Å². The van der Waals surface area contributed by atoms with Gasteiger partial charge in [-0.15, -0.1) is 0 Å². The maximum atomic E-state index is 2.14. The Bertz CT molecular complexity index is 385. The summed E-state index contributed by atoms with van der Waals surface area (Å²) in [4.78, 5) is 3.45. The van der Waals surface area contributed by atoms with Crippen LogP contribution in [0.5, 0.6) is 0 Å². The van der Waals surface area contributed by atoms with E-state index in [0.717, 1.165) is 0 Å². The summed E-state index contributed by atoms with van der Waals surface area (Å²) in [6.45, 7) is 0. The number of thioether (sulfide) groups is 4. The van der Waals surface area contributed by atoms with Gasteiger partial charge in [0, 0.05) is 0 Å². The second-order valence-electron chi connectivity index (χ2n) is 3.60. The molecule has 4 aliphatic heterocycles. The van der Waals surface area contributed by atoms with E-state index in [1.165, 1.54) is 24.3 Å². The zero-order valence-electron chi connectivity index (χ0n) is 8.28. The van der Waals surface area contributed by atoms with Gasteiger partial charge < -0.3 is 0 Å². The van der Waals surface area contributed by atoms with E-state index in [1.807, 2.05) is 0 Å². The normalized spacial score (nSPS) is 33.0. The van der Waals surface area contributed by atoms with Gasteiger partial charge in [0.05, 0.1) is 0 Å². The molecule has 0 amide bonds. The number of hydrogen-bond acceptors (Lipinski definition) is 4. The average molecular weight is 414 g/mol. The van der Waals surface area contributed by atoms with Crippen LogP contribution in [0.3, 0.4) is 0 Å². The number of hydrogen-bond donors (Lipinski definition) is 0. The third-order valence-electron chi connectivity index (χ3n) is 2.55. The van der Waals surface area contributed by atoms with Gasteiger partial charge in [-0.2, -0.15) is 0 Å². The minimum absolute atomic E-state index is 0.690. The predicted octanol–water partition coefficient (Wildman–Crippen LogP) is 3.63. The van der Waals surface area contributed by atoms with Crippen molar-refractivity contribution in [1.82, 2.24) is 0 Å². The molecule has 4 heterocycles. The molecule has 0 atom stereocenters. The fourth-order valence-corrected chi connectivity index (χ4v) is 16.5. The summed E-state index contributed by atoms with van der Waals surface area (Å²) in [6, 6.07) is 0. The number of rotatable bonds is 0. The van der Waals surface area contributed by atoms with Crippen molar-refractivity contribution in [2.24, 2.45) is 0 Å². The summed E-state index contributed by atoms with van der Waals surface area (Å²) in [5.74, 6) is 2.70. The fourth-order valence-electron chi connectivity index (χ4n) is 1.80. The van der Waals surface area contributed by atoms with Crippen molar-refractivity contribution in [3.63, 3.8) is 0 Å². The zero-order valence-corrected chi connectivity index (χ0v) is 15.0. The Kier molecular flexibility index (Phi) is 3.33. The summed E-state index contributed by atoms with van der Waals surface area (Å²) in [5.41, 5.74) is 0. The monoisotopic (exact) mass is 416 g/mol. The van der Waals surface area contributed by atoms with E-state index in [9.17, 15) is 0 Å². The molecule has 0 aromatic carbocycles. The van der Waals surface area contributed by atoms with E-state index < -0.39 is 0 Å². The summed E-state index contributed by atoms with van der Waals surface area (Å²) in [6.07, 6.45) is 2.70. The average Bonchev–Trinajstić information content (AvgIpc) is 2.94. The second-order valence-corrected chi connectivity index (χ2v) is 14.6. The summed E-state index contributed by atoms with van der Waals surface area (Å²) >= 11 is 9.92. The Labute approximate surface area is 125 Å². The summed E-state index contributed by atoms with van der Waals surface area (Å²) in [7, 11) is 0. The molecule has 0 radical (unpaired) electrons. The molecule has 0 nitrogen and oxygen atoms in total. The topological polar surface area (TPSA) is 0 Å². The van der Waals surface area contributed by atoms with Crippen LogP contribution in [-0.2, 0) is 0 Å². The molecule has 0 bridgehead atoms. The van der Waals surface area contributed by atoms with Crippen LogP contribution in [-0.4, -0.2) is 41.4 Å². The van der Waals surface area contributed by atoms with Crippen LogP contribution in [0.2, 0.25) is 0 Å². The molecule has 0 saturated heterocycles. The summed E-state index contributed by atoms with van der Waals surface area (Å²) < 4.78 is 7.06. The molecule has 0 spiro atoms.